The van der Waals surface area contributed by atoms with E-state index in [0.29, 0.717) is 17.7 Å². The summed E-state index contributed by atoms with van der Waals surface area (Å²) < 4.78 is 9.57. The molecule has 0 heterocycles. The quantitative estimate of drug-likeness (QED) is 0.674. The van der Waals surface area contributed by atoms with Crippen molar-refractivity contribution < 1.29 is 24.2 Å². The summed E-state index contributed by atoms with van der Waals surface area (Å²) in [5.41, 5.74) is 1.54. The number of rotatable bonds is 3. The topological polar surface area (TPSA) is 72.8 Å². The second-order valence-electron chi connectivity index (χ2n) is 4.71. The second-order valence-corrected chi connectivity index (χ2v) is 4.71. The van der Waals surface area contributed by atoms with Crippen LogP contribution in [-0.4, -0.2) is 31.1 Å². The molecule has 0 fully saturated rings. The van der Waals surface area contributed by atoms with Crippen LogP contribution >= 0.6 is 0 Å². The average Bonchev–Trinajstić information content (AvgIpc) is 2.45. The highest BCUT2D eigenvalue weighted by Crippen LogP contribution is 2.35. The first-order chi connectivity index (χ1) is 9.49. The molecule has 0 radical (unpaired) electrons. The van der Waals surface area contributed by atoms with Gasteiger partial charge in [-0.2, -0.15) is 0 Å². The summed E-state index contributed by atoms with van der Waals surface area (Å²) in [5.74, 6) is -1.49. The molecule has 1 atom stereocenters. The molecule has 0 saturated heterocycles. The molecule has 2 rings (SSSR count). The normalized spacial score (nSPS) is 17.4. The minimum Gasteiger partial charge on any atom is -0.507 e. The molecule has 0 aliphatic heterocycles. The SMILES string of the molecule is COC(=O)C(=O)C1=C(O)c2ccc(OC)cc2CC1C. The summed E-state index contributed by atoms with van der Waals surface area (Å²) in [4.78, 5) is 23.3. The summed E-state index contributed by atoms with van der Waals surface area (Å²) in [5, 5.41) is 10.3. The summed E-state index contributed by atoms with van der Waals surface area (Å²) >= 11 is 0. The van der Waals surface area contributed by atoms with Crippen molar-refractivity contribution in [3.8, 4) is 5.75 Å². The monoisotopic (exact) mass is 276 g/mol. The van der Waals surface area contributed by atoms with E-state index in [2.05, 4.69) is 4.74 Å². The van der Waals surface area contributed by atoms with Crippen molar-refractivity contribution in [3.05, 3.63) is 34.9 Å². The third-order valence-corrected chi connectivity index (χ3v) is 3.46. The lowest BCUT2D eigenvalue weighted by atomic mass is 9.81. The van der Waals surface area contributed by atoms with E-state index < -0.39 is 11.8 Å². The van der Waals surface area contributed by atoms with E-state index in [-0.39, 0.29) is 17.3 Å². The number of benzene rings is 1. The van der Waals surface area contributed by atoms with Crippen LogP contribution in [0.5, 0.6) is 5.75 Å². The van der Waals surface area contributed by atoms with Gasteiger partial charge in [-0.3, -0.25) is 4.79 Å². The van der Waals surface area contributed by atoms with Gasteiger partial charge < -0.3 is 14.6 Å². The first-order valence-electron chi connectivity index (χ1n) is 6.22. The highest BCUT2D eigenvalue weighted by atomic mass is 16.5. The number of esters is 1. The van der Waals surface area contributed by atoms with Crippen molar-refractivity contribution in [1.29, 1.82) is 0 Å². The van der Waals surface area contributed by atoms with Crippen LogP contribution in [0.4, 0.5) is 0 Å². The minimum absolute atomic E-state index is 0.106. The highest BCUT2D eigenvalue weighted by molar-refractivity contribution is 6.41. The molecular formula is C15H16O5. The molecule has 5 heteroatoms. The Morgan fingerprint density at radius 2 is 2.00 bits per heavy atom. The fraction of sp³-hybridized carbons (Fsp3) is 0.333. The fourth-order valence-electron chi connectivity index (χ4n) is 2.44. The molecule has 1 unspecified atom stereocenters. The summed E-state index contributed by atoms with van der Waals surface area (Å²) in [7, 11) is 2.71. The maximum absolute atomic E-state index is 12.0. The van der Waals surface area contributed by atoms with Crippen molar-refractivity contribution in [2.45, 2.75) is 13.3 Å². The van der Waals surface area contributed by atoms with Crippen LogP contribution in [0.2, 0.25) is 0 Å². The van der Waals surface area contributed by atoms with Gasteiger partial charge in [-0.25, -0.2) is 4.79 Å². The maximum atomic E-state index is 12.0. The van der Waals surface area contributed by atoms with Crippen LogP contribution in [0.15, 0.2) is 23.8 Å². The van der Waals surface area contributed by atoms with Crippen LogP contribution in [0, 0.1) is 5.92 Å². The Kier molecular flexibility index (Phi) is 3.79. The molecular weight excluding hydrogens is 260 g/mol. The molecule has 1 aliphatic carbocycles. The van der Waals surface area contributed by atoms with E-state index in [1.807, 2.05) is 6.07 Å². The van der Waals surface area contributed by atoms with Crippen LogP contribution < -0.4 is 4.74 Å². The minimum atomic E-state index is -0.963. The Bertz CT molecular complexity index is 600. The zero-order valence-electron chi connectivity index (χ0n) is 11.6. The van der Waals surface area contributed by atoms with E-state index in [9.17, 15) is 14.7 Å². The molecule has 1 aromatic carbocycles. The number of methoxy groups -OCH3 is 2. The maximum Gasteiger partial charge on any atom is 0.379 e. The lowest BCUT2D eigenvalue weighted by Gasteiger charge is -2.24. The van der Waals surface area contributed by atoms with Gasteiger partial charge >= 0.3 is 5.97 Å². The van der Waals surface area contributed by atoms with Crippen molar-refractivity contribution in [2.24, 2.45) is 5.92 Å². The predicted octanol–water partition coefficient (Wildman–Crippen LogP) is 1.90. The molecule has 0 bridgehead atoms. The number of ketones is 1. The van der Waals surface area contributed by atoms with E-state index >= 15 is 0 Å². The number of hydrogen-bond donors (Lipinski definition) is 1. The van der Waals surface area contributed by atoms with Crippen LogP contribution in [0.3, 0.4) is 0 Å². The van der Waals surface area contributed by atoms with Gasteiger partial charge in [-0.15, -0.1) is 0 Å². The number of carbonyl (C=O) groups excluding carboxylic acids is 2. The second kappa shape index (κ2) is 5.36. The number of Topliss-reactive ketones (excluding diaryl/α,β-unsaturated/α-hetero) is 1. The van der Waals surface area contributed by atoms with E-state index in [1.165, 1.54) is 0 Å². The summed E-state index contributed by atoms with van der Waals surface area (Å²) in [6.45, 7) is 1.79. The van der Waals surface area contributed by atoms with Gasteiger partial charge in [0, 0.05) is 5.56 Å². The Morgan fingerprint density at radius 3 is 2.60 bits per heavy atom. The molecule has 5 nitrogen and oxygen atoms in total. The van der Waals surface area contributed by atoms with Gasteiger partial charge in [0.1, 0.15) is 11.5 Å². The fourth-order valence-corrected chi connectivity index (χ4v) is 2.44. The number of ether oxygens (including phenoxy) is 2. The first kappa shape index (κ1) is 14.1. The number of fused-ring (bicyclic) bond motifs is 1. The predicted molar refractivity (Wildman–Crippen MR) is 72.4 cm³/mol. The van der Waals surface area contributed by atoms with E-state index in [0.717, 1.165) is 12.7 Å². The number of hydrogen-bond acceptors (Lipinski definition) is 5. The van der Waals surface area contributed by atoms with Gasteiger partial charge in [0.2, 0.25) is 0 Å². The van der Waals surface area contributed by atoms with Crippen LogP contribution in [-0.2, 0) is 20.7 Å². The van der Waals surface area contributed by atoms with Gasteiger partial charge in [0.05, 0.1) is 19.8 Å². The van der Waals surface area contributed by atoms with E-state index in [4.69, 9.17) is 4.74 Å². The van der Waals surface area contributed by atoms with Crippen LogP contribution in [0.1, 0.15) is 18.1 Å². The molecule has 1 aliphatic rings. The van der Waals surface area contributed by atoms with Gasteiger partial charge in [-0.1, -0.05) is 6.92 Å². The summed E-state index contributed by atoms with van der Waals surface area (Å²) in [6.07, 6.45) is 0.550. The third-order valence-electron chi connectivity index (χ3n) is 3.46. The van der Waals surface area contributed by atoms with Gasteiger partial charge in [0.15, 0.2) is 0 Å². The van der Waals surface area contributed by atoms with Crippen molar-refractivity contribution in [2.75, 3.05) is 14.2 Å². The molecule has 20 heavy (non-hydrogen) atoms. The first-order valence-corrected chi connectivity index (χ1v) is 6.22. The number of aliphatic hydroxyl groups is 1. The standard InChI is InChI=1S/C15H16O5/c1-8-6-9-7-10(19-2)4-5-11(9)13(16)12(8)14(17)15(18)20-3/h4-5,7-8,16H,6H2,1-3H3. The average molecular weight is 276 g/mol. The lowest BCUT2D eigenvalue weighted by molar-refractivity contribution is -0.150. The highest BCUT2D eigenvalue weighted by Gasteiger charge is 2.33. The largest absolute Gasteiger partial charge is 0.507 e. The smallest absolute Gasteiger partial charge is 0.379 e. The van der Waals surface area contributed by atoms with Gasteiger partial charge in [0.25, 0.3) is 5.78 Å². The number of aliphatic hydroxyl groups excluding tert-OH is 1. The van der Waals surface area contributed by atoms with Crippen molar-refractivity contribution in [1.82, 2.24) is 0 Å². The molecule has 0 amide bonds. The number of carbonyl (C=O) groups is 2. The Balaban J connectivity index is 2.52. The molecule has 1 N–H and O–H groups in total. The zero-order chi connectivity index (χ0) is 14.9. The zero-order valence-corrected chi connectivity index (χ0v) is 11.6. The lowest BCUT2D eigenvalue weighted by Crippen LogP contribution is -2.26. The molecule has 0 spiro atoms. The van der Waals surface area contributed by atoms with Gasteiger partial charge in [-0.05, 0) is 36.1 Å². The Labute approximate surface area is 116 Å². The molecule has 1 aromatic rings. The molecule has 106 valence electrons. The third kappa shape index (κ3) is 2.27. The Morgan fingerprint density at radius 1 is 1.30 bits per heavy atom. The van der Waals surface area contributed by atoms with E-state index in [1.54, 1.807) is 26.2 Å². The van der Waals surface area contributed by atoms with Crippen LogP contribution in [0.25, 0.3) is 5.76 Å². The summed E-state index contributed by atoms with van der Waals surface area (Å²) in [6, 6.07) is 5.20. The Hall–Kier alpha value is -2.30. The molecule has 0 aromatic heterocycles. The van der Waals surface area contributed by atoms with Crippen molar-refractivity contribution in [3.63, 3.8) is 0 Å². The molecule has 0 saturated carbocycles. The van der Waals surface area contributed by atoms with Crippen molar-refractivity contribution >= 4 is 17.5 Å².